The normalized spacial score (nSPS) is 15.7. The molecule has 1 N–H and O–H groups in total. The molecule has 14 heavy (non-hydrogen) atoms. The Balaban J connectivity index is 1.85. The van der Waals surface area contributed by atoms with Gasteiger partial charge in [-0.15, -0.1) is 0 Å². The Morgan fingerprint density at radius 1 is 1.29 bits per heavy atom. The smallest absolute Gasteiger partial charge is 0.227 e. The second kappa shape index (κ2) is 4.09. The van der Waals surface area contributed by atoms with Gasteiger partial charge in [0.05, 0.1) is 0 Å². The second-order valence-electron chi connectivity index (χ2n) is 3.53. The van der Waals surface area contributed by atoms with Gasteiger partial charge in [0.1, 0.15) is 0 Å². The highest BCUT2D eigenvalue weighted by molar-refractivity contribution is 5.82. The zero-order valence-electron chi connectivity index (χ0n) is 7.94. The topological polar surface area (TPSA) is 29.1 Å². The lowest BCUT2D eigenvalue weighted by Crippen LogP contribution is -2.18. The third-order valence-corrected chi connectivity index (χ3v) is 2.25. The van der Waals surface area contributed by atoms with Gasteiger partial charge < -0.3 is 5.32 Å². The molecule has 2 heteroatoms. The molecule has 1 fully saturated rings. The fourth-order valence-electron chi connectivity index (χ4n) is 1.25. The number of carbonyl (C=O) groups excluding carboxylic acids is 1. The monoisotopic (exact) mass is 187 g/mol. The van der Waals surface area contributed by atoms with E-state index in [1.165, 1.54) is 0 Å². The molecule has 1 aromatic rings. The van der Waals surface area contributed by atoms with Crippen molar-refractivity contribution in [1.29, 1.82) is 0 Å². The molecule has 0 heterocycles. The van der Waals surface area contributed by atoms with Crippen LogP contribution in [0.5, 0.6) is 0 Å². The molecule has 0 atom stereocenters. The molecule has 1 amide bonds. The lowest BCUT2D eigenvalue weighted by molar-refractivity contribution is -0.121. The summed E-state index contributed by atoms with van der Waals surface area (Å²) in [5.74, 6) is 0.424. The quantitative estimate of drug-likeness (QED) is 0.772. The predicted octanol–water partition coefficient (Wildman–Crippen LogP) is 2.18. The van der Waals surface area contributed by atoms with E-state index in [9.17, 15) is 4.79 Å². The van der Waals surface area contributed by atoms with E-state index in [-0.39, 0.29) is 11.8 Å². The molecule has 0 aliphatic heterocycles. The minimum Gasteiger partial charge on any atom is -0.332 e. The maximum absolute atomic E-state index is 11.2. The molecule has 0 unspecified atom stereocenters. The first-order chi connectivity index (χ1) is 6.86. The molecule has 2 nitrogen and oxygen atoms in total. The third-order valence-electron chi connectivity index (χ3n) is 2.25. The van der Waals surface area contributed by atoms with Gasteiger partial charge in [-0.3, -0.25) is 4.79 Å². The molecule has 2 rings (SSSR count). The van der Waals surface area contributed by atoms with Gasteiger partial charge in [0.15, 0.2) is 0 Å². The van der Waals surface area contributed by atoms with Crippen molar-refractivity contribution in [2.24, 2.45) is 5.92 Å². The summed E-state index contributed by atoms with van der Waals surface area (Å²) in [4.78, 5) is 11.2. The summed E-state index contributed by atoms with van der Waals surface area (Å²) < 4.78 is 0. The largest absolute Gasteiger partial charge is 0.332 e. The number of benzene rings is 1. The van der Waals surface area contributed by atoms with Gasteiger partial charge in [-0.1, -0.05) is 30.3 Å². The van der Waals surface area contributed by atoms with Crippen molar-refractivity contribution < 1.29 is 4.79 Å². The van der Waals surface area contributed by atoms with E-state index in [0.29, 0.717) is 0 Å². The number of hydrogen-bond donors (Lipinski definition) is 1. The number of rotatable bonds is 3. The molecule has 0 radical (unpaired) electrons. The van der Waals surface area contributed by atoms with Crippen molar-refractivity contribution in [3.8, 4) is 0 Å². The average Bonchev–Trinajstić information content (AvgIpc) is 3.02. The second-order valence-corrected chi connectivity index (χ2v) is 3.53. The van der Waals surface area contributed by atoms with E-state index >= 15 is 0 Å². The highest BCUT2D eigenvalue weighted by atomic mass is 16.1. The predicted molar refractivity (Wildman–Crippen MR) is 56.3 cm³/mol. The molecule has 0 aromatic heterocycles. The van der Waals surface area contributed by atoms with E-state index < -0.39 is 0 Å². The molecule has 1 aromatic carbocycles. The molecule has 1 saturated carbocycles. The van der Waals surface area contributed by atoms with Gasteiger partial charge in [0.2, 0.25) is 5.91 Å². The molecular formula is C12H13NO. The summed E-state index contributed by atoms with van der Waals surface area (Å²) in [5, 5.41) is 2.77. The Labute approximate surface area is 83.6 Å². The number of nitrogens with one attached hydrogen (secondary N) is 1. The van der Waals surface area contributed by atoms with Crippen LogP contribution in [0.4, 0.5) is 0 Å². The number of hydrogen-bond acceptors (Lipinski definition) is 1. The van der Waals surface area contributed by atoms with E-state index in [1.807, 2.05) is 36.4 Å². The number of carbonyl (C=O) groups is 1. The van der Waals surface area contributed by atoms with E-state index in [2.05, 4.69) is 5.32 Å². The molecule has 0 bridgehead atoms. The van der Waals surface area contributed by atoms with Crippen LogP contribution in [-0.4, -0.2) is 5.91 Å². The molecule has 0 spiro atoms. The summed E-state index contributed by atoms with van der Waals surface area (Å²) in [5.41, 5.74) is 1.10. The van der Waals surface area contributed by atoms with Crippen molar-refractivity contribution in [3.63, 3.8) is 0 Å². The van der Waals surface area contributed by atoms with Crippen molar-refractivity contribution >= 4 is 12.0 Å². The lowest BCUT2D eigenvalue weighted by atomic mass is 10.2. The minimum absolute atomic E-state index is 0.150. The van der Waals surface area contributed by atoms with Crippen molar-refractivity contribution in [2.45, 2.75) is 12.8 Å². The zero-order valence-corrected chi connectivity index (χ0v) is 7.94. The van der Waals surface area contributed by atoms with Crippen LogP contribution in [0.15, 0.2) is 36.5 Å². The van der Waals surface area contributed by atoms with Crippen LogP contribution >= 0.6 is 0 Å². The van der Waals surface area contributed by atoms with Crippen LogP contribution < -0.4 is 5.32 Å². The highest BCUT2D eigenvalue weighted by Gasteiger charge is 2.28. The van der Waals surface area contributed by atoms with Crippen LogP contribution in [0.25, 0.3) is 6.08 Å². The van der Waals surface area contributed by atoms with Crippen molar-refractivity contribution in [1.82, 2.24) is 5.32 Å². The first-order valence-electron chi connectivity index (χ1n) is 4.88. The molecule has 1 aliphatic rings. The molecule has 72 valence electrons. The van der Waals surface area contributed by atoms with Gasteiger partial charge >= 0.3 is 0 Å². The van der Waals surface area contributed by atoms with E-state index in [1.54, 1.807) is 6.20 Å². The van der Waals surface area contributed by atoms with Gasteiger partial charge in [0.25, 0.3) is 0 Å². The SMILES string of the molecule is O=C(N/C=C\c1ccccc1)C1CC1. The zero-order chi connectivity index (χ0) is 9.80. The third kappa shape index (κ3) is 2.46. The fourth-order valence-corrected chi connectivity index (χ4v) is 1.25. The van der Waals surface area contributed by atoms with Crippen LogP contribution in [0, 0.1) is 5.92 Å². The lowest BCUT2D eigenvalue weighted by Gasteiger charge is -1.95. The average molecular weight is 187 g/mol. The van der Waals surface area contributed by atoms with Crippen LogP contribution in [0.2, 0.25) is 0 Å². The van der Waals surface area contributed by atoms with Gasteiger partial charge in [-0.05, 0) is 24.5 Å². The summed E-state index contributed by atoms with van der Waals surface area (Å²) in [6, 6.07) is 9.92. The van der Waals surface area contributed by atoms with Gasteiger partial charge in [0, 0.05) is 12.1 Å². The van der Waals surface area contributed by atoms with Crippen LogP contribution in [-0.2, 0) is 4.79 Å². The van der Waals surface area contributed by atoms with Crippen LogP contribution in [0.3, 0.4) is 0 Å². The maximum atomic E-state index is 11.2. The summed E-state index contributed by atoms with van der Waals surface area (Å²) in [6.07, 6.45) is 5.71. The fraction of sp³-hybridized carbons (Fsp3) is 0.250. The Kier molecular flexibility index (Phi) is 2.63. The van der Waals surface area contributed by atoms with Crippen molar-refractivity contribution in [3.05, 3.63) is 42.1 Å². The van der Waals surface area contributed by atoms with E-state index in [0.717, 1.165) is 18.4 Å². The first-order valence-corrected chi connectivity index (χ1v) is 4.88. The van der Waals surface area contributed by atoms with E-state index in [4.69, 9.17) is 0 Å². The minimum atomic E-state index is 0.150. The summed E-state index contributed by atoms with van der Waals surface area (Å²) in [7, 11) is 0. The standard InChI is InChI=1S/C12H13NO/c14-12(11-6-7-11)13-9-8-10-4-2-1-3-5-10/h1-5,8-9,11H,6-7H2,(H,13,14)/b9-8-. The Hall–Kier alpha value is -1.57. The highest BCUT2D eigenvalue weighted by Crippen LogP contribution is 2.28. The van der Waals surface area contributed by atoms with Gasteiger partial charge in [-0.2, -0.15) is 0 Å². The summed E-state index contributed by atoms with van der Waals surface area (Å²) >= 11 is 0. The maximum Gasteiger partial charge on any atom is 0.227 e. The Bertz CT molecular complexity index is 339. The summed E-state index contributed by atoms with van der Waals surface area (Å²) in [6.45, 7) is 0. The first kappa shape index (κ1) is 9.00. The van der Waals surface area contributed by atoms with Gasteiger partial charge in [-0.25, -0.2) is 0 Å². The van der Waals surface area contributed by atoms with Crippen molar-refractivity contribution in [2.75, 3.05) is 0 Å². The molecule has 0 saturated heterocycles. The molecular weight excluding hydrogens is 174 g/mol. The Morgan fingerprint density at radius 3 is 2.64 bits per heavy atom. The molecule has 1 aliphatic carbocycles. The van der Waals surface area contributed by atoms with Crippen LogP contribution in [0.1, 0.15) is 18.4 Å². The number of amides is 1. The Morgan fingerprint density at radius 2 is 2.00 bits per heavy atom.